The summed E-state index contributed by atoms with van der Waals surface area (Å²) in [5.41, 5.74) is 1.82. The third-order valence-corrected chi connectivity index (χ3v) is 2.35. The van der Waals surface area contributed by atoms with E-state index in [1.165, 1.54) is 4.90 Å². The Hall–Kier alpha value is -2.03. The number of hydrogen-bond donors (Lipinski definition) is 0. The molecule has 1 amide bonds. The van der Waals surface area contributed by atoms with Crippen LogP contribution in [0, 0.1) is 0 Å². The van der Waals surface area contributed by atoms with E-state index >= 15 is 0 Å². The SMILES string of the molecule is CN(C)C(=O)c1occc1-c1ccccc1. The minimum absolute atomic E-state index is 0.121. The fourth-order valence-electron chi connectivity index (χ4n) is 1.52. The van der Waals surface area contributed by atoms with Crippen LogP contribution in [0.3, 0.4) is 0 Å². The molecular formula is C13H13NO2. The molecule has 0 atom stereocenters. The van der Waals surface area contributed by atoms with E-state index in [0.717, 1.165) is 11.1 Å². The summed E-state index contributed by atoms with van der Waals surface area (Å²) in [6.45, 7) is 0. The first-order valence-corrected chi connectivity index (χ1v) is 5.04. The highest BCUT2D eigenvalue weighted by atomic mass is 16.3. The van der Waals surface area contributed by atoms with Gasteiger partial charge in [0.25, 0.3) is 5.91 Å². The number of furan rings is 1. The van der Waals surface area contributed by atoms with Crippen molar-refractivity contribution in [2.45, 2.75) is 0 Å². The zero-order valence-corrected chi connectivity index (χ0v) is 9.31. The van der Waals surface area contributed by atoms with Gasteiger partial charge in [0.1, 0.15) is 0 Å². The lowest BCUT2D eigenvalue weighted by Crippen LogP contribution is -2.21. The second-order valence-electron chi connectivity index (χ2n) is 3.73. The second-order valence-corrected chi connectivity index (χ2v) is 3.73. The van der Waals surface area contributed by atoms with Gasteiger partial charge in [-0.3, -0.25) is 4.79 Å². The molecule has 2 aromatic rings. The maximum atomic E-state index is 11.8. The summed E-state index contributed by atoms with van der Waals surface area (Å²) in [7, 11) is 3.42. The summed E-state index contributed by atoms with van der Waals surface area (Å²) in [6, 6.07) is 11.5. The van der Waals surface area contributed by atoms with Crippen molar-refractivity contribution in [1.29, 1.82) is 0 Å². The molecule has 0 aliphatic rings. The van der Waals surface area contributed by atoms with Gasteiger partial charge in [0.05, 0.1) is 6.26 Å². The largest absolute Gasteiger partial charge is 0.459 e. The van der Waals surface area contributed by atoms with E-state index in [1.807, 2.05) is 36.4 Å². The normalized spacial score (nSPS) is 10.1. The summed E-state index contributed by atoms with van der Waals surface area (Å²) < 4.78 is 5.25. The molecule has 0 N–H and O–H groups in total. The van der Waals surface area contributed by atoms with Crippen LogP contribution in [-0.4, -0.2) is 24.9 Å². The van der Waals surface area contributed by atoms with E-state index in [9.17, 15) is 4.79 Å². The predicted molar refractivity (Wildman–Crippen MR) is 62.2 cm³/mol. The van der Waals surface area contributed by atoms with Gasteiger partial charge in [0.2, 0.25) is 0 Å². The second kappa shape index (κ2) is 4.23. The van der Waals surface area contributed by atoms with Crippen LogP contribution in [0.5, 0.6) is 0 Å². The lowest BCUT2D eigenvalue weighted by Gasteiger charge is -2.09. The van der Waals surface area contributed by atoms with Gasteiger partial charge in [0.15, 0.2) is 5.76 Å². The minimum atomic E-state index is -0.121. The highest BCUT2D eigenvalue weighted by Gasteiger charge is 2.17. The van der Waals surface area contributed by atoms with Gasteiger partial charge in [-0.25, -0.2) is 0 Å². The molecule has 0 radical (unpaired) electrons. The molecule has 1 aromatic carbocycles. The van der Waals surface area contributed by atoms with Crippen molar-refractivity contribution in [2.75, 3.05) is 14.1 Å². The average Bonchev–Trinajstić information content (AvgIpc) is 2.77. The molecule has 3 nitrogen and oxygen atoms in total. The molecule has 16 heavy (non-hydrogen) atoms. The first kappa shape index (κ1) is 10.5. The Labute approximate surface area is 94.3 Å². The van der Waals surface area contributed by atoms with E-state index in [-0.39, 0.29) is 5.91 Å². The molecule has 0 saturated heterocycles. The molecule has 0 unspecified atom stereocenters. The standard InChI is InChI=1S/C13H13NO2/c1-14(2)13(15)12-11(8-9-16-12)10-6-4-3-5-7-10/h3-9H,1-2H3. The van der Waals surface area contributed by atoms with Gasteiger partial charge in [-0.1, -0.05) is 30.3 Å². The van der Waals surface area contributed by atoms with Gasteiger partial charge in [-0.15, -0.1) is 0 Å². The smallest absolute Gasteiger partial charge is 0.289 e. The van der Waals surface area contributed by atoms with Crippen LogP contribution in [0.15, 0.2) is 47.1 Å². The number of hydrogen-bond acceptors (Lipinski definition) is 2. The fourth-order valence-corrected chi connectivity index (χ4v) is 1.52. The first-order valence-electron chi connectivity index (χ1n) is 5.04. The highest BCUT2D eigenvalue weighted by Crippen LogP contribution is 2.25. The Kier molecular flexibility index (Phi) is 2.77. The molecule has 0 aliphatic heterocycles. The van der Waals surface area contributed by atoms with Crippen LogP contribution < -0.4 is 0 Å². The van der Waals surface area contributed by atoms with Crippen molar-refractivity contribution < 1.29 is 9.21 Å². The van der Waals surface area contributed by atoms with Crippen LogP contribution in [0.1, 0.15) is 10.6 Å². The van der Waals surface area contributed by atoms with Crippen LogP contribution in [0.4, 0.5) is 0 Å². The summed E-state index contributed by atoms with van der Waals surface area (Å²) in [5, 5.41) is 0. The number of rotatable bonds is 2. The predicted octanol–water partition coefficient (Wildman–Crippen LogP) is 2.65. The van der Waals surface area contributed by atoms with E-state index in [4.69, 9.17) is 4.42 Å². The van der Waals surface area contributed by atoms with E-state index < -0.39 is 0 Å². The number of carbonyl (C=O) groups excluding carboxylic acids is 1. The average molecular weight is 215 g/mol. The Bertz CT molecular complexity index is 486. The Morgan fingerprint density at radius 1 is 1.12 bits per heavy atom. The van der Waals surface area contributed by atoms with Gasteiger partial charge < -0.3 is 9.32 Å². The molecule has 1 aromatic heterocycles. The van der Waals surface area contributed by atoms with Crippen molar-refractivity contribution in [3.8, 4) is 11.1 Å². The van der Waals surface area contributed by atoms with Crippen LogP contribution in [0.2, 0.25) is 0 Å². The Balaban J connectivity index is 2.45. The van der Waals surface area contributed by atoms with Gasteiger partial charge in [0, 0.05) is 19.7 Å². The molecule has 82 valence electrons. The fraction of sp³-hybridized carbons (Fsp3) is 0.154. The Morgan fingerprint density at radius 3 is 2.44 bits per heavy atom. The first-order chi connectivity index (χ1) is 7.70. The maximum absolute atomic E-state index is 11.8. The summed E-state index contributed by atoms with van der Waals surface area (Å²) in [6.07, 6.45) is 1.54. The molecule has 0 bridgehead atoms. The van der Waals surface area contributed by atoms with E-state index in [0.29, 0.717) is 5.76 Å². The van der Waals surface area contributed by atoms with Crippen molar-refractivity contribution in [1.82, 2.24) is 4.90 Å². The third kappa shape index (κ3) is 1.84. The van der Waals surface area contributed by atoms with Crippen molar-refractivity contribution in [3.05, 3.63) is 48.4 Å². The molecular weight excluding hydrogens is 202 g/mol. The molecule has 0 fully saturated rings. The Morgan fingerprint density at radius 2 is 1.81 bits per heavy atom. The lowest BCUT2D eigenvalue weighted by atomic mass is 10.1. The molecule has 0 aliphatic carbocycles. The molecule has 1 heterocycles. The van der Waals surface area contributed by atoms with Crippen molar-refractivity contribution in [3.63, 3.8) is 0 Å². The third-order valence-electron chi connectivity index (χ3n) is 2.35. The summed E-state index contributed by atoms with van der Waals surface area (Å²) >= 11 is 0. The quantitative estimate of drug-likeness (QED) is 0.771. The van der Waals surface area contributed by atoms with E-state index in [1.54, 1.807) is 20.4 Å². The van der Waals surface area contributed by atoms with Gasteiger partial charge in [-0.05, 0) is 11.6 Å². The maximum Gasteiger partial charge on any atom is 0.289 e. The van der Waals surface area contributed by atoms with E-state index in [2.05, 4.69) is 0 Å². The lowest BCUT2D eigenvalue weighted by molar-refractivity contribution is 0.0798. The van der Waals surface area contributed by atoms with Gasteiger partial charge >= 0.3 is 0 Å². The molecule has 0 spiro atoms. The topological polar surface area (TPSA) is 33.5 Å². The molecule has 0 saturated carbocycles. The van der Waals surface area contributed by atoms with Crippen LogP contribution in [0.25, 0.3) is 11.1 Å². The molecule has 2 rings (SSSR count). The van der Waals surface area contributed by atoms with Gasteiger partial charge in [-0.2, -0.15) is 0 Å². The van der Waals surface area contributed by atoms with Crippen molar-refractivity contribution >= 4 is 5.91 Å². The number of nitrogens with zero attached hydrogens (tertiary/aromatic N) is 1. The highest BCUT2D eigenvalue weighted by molar-refractivity contribution is 5.97. The minimum Gasteiger partial charge on any atom is -0.459 e. The summed E-state index contributed by atoms with van der Waals surface area (Å²) in [5.74, 6) is 0.264. The summed E-state index contributed by atoms with van der Waals surface area (Å²) in [4.78, 5) is 13.3. The number of amides is 1. The van der Waals surface area contributed by atoms with Crippen LogP contribution in [-0.2, 0) is 0 Å². The molecule has 3 heteroatoms. The van der Waals surface area contributed by atoms with Crippen molar-refractivity contribution in [2.24, 2.45) is 0 Å². The zero-order chi connectivity index (χ0) is 11.5. The monoisotopic (exact) mass is 215 g/mol. The zero-order valence-electron chi connectivity index (χ0n) is 9.31. The number of benzene rings is 1. The number of carbonyl (C=O) groups is 1. The van der Waals surface area contributed by atoms with Crippen LogP contribution >= 0.6 is 0 Å².